The Kier molecular flexibility index (Phi) is 5.57. The van der Waals surface area contributed by atoms with Crippen molar-refractivity contribution in [1.82, 2.24) is 20.2 Å². The van der Waals surface area contributed by atoms with Gasteiger partial charge in [0.25, 0.3) is 0 Å². The number of aromatic nitrogens is 4. The Hall–Kier alpha value is -4.06. The van der Waals surface area contributed by atoms with Gasteiger partial charge in [-0.2, -0.15) is 5.26 Å². The minimum absolute atomic E-state index is 0.000527. The van der Waals surface area contributed by atoms with Crippen molar-refractivity contribution in [2.45, 2.75) is 25.3 Å². The summed E-state index contributed by atoms with van der Waals surface area (Å²) in [6, 6.07) is 8.30. The van der Waals surface area contributed by atoms with Crippen molar-refractivity contribution >= 4 is 34.1 Å². The van der Waals surface area contributed by atoms with Gasteiger partial charge in [0, 0.05) is 49.4 Å². The van der Waals surface area contributed by atoms with E-state index in [2.05, 4.69) is 54.0 Å². The minimum Gasteiger partial charge on any atom is -0.354 e. The summed E-state index contributed by atoms with van der Waals surface area (Å²) in [6.07, 6.45) is 6.79. The number of anilines is 3. The Morgan fingerprint density at radius 2 is 1.91 bits per heavy atom. The third-order valence-corrected chi connectivity index (χ3v) is 6.17. The molecule has 2 aliphatic heterocycles. The maximum atomic E-state index is 11.9. The highest BCUT2D eigenvalue weighted by molar-refractivity contribution is 6.00. The van der Waals surface area contributed by atoms with Crippen LogP contribution in [0.25, 0.3) is 10.8 Å². The fourth-order valence-corrected chi connectivity index (χ4v) is 4.27. The Morgan fingerprint density at radius 3 is 2.58 bits per heavy atom. The Bertz CT molecular complexity index is 1250. The van der Waals surface area contributed by atoms with Crippen molar-refractivity contribution < 1.29 is 4.79 Å². The molecule has 9 heteroatoms. The highest BCUT2D eigenvalue weighted by atomic mass is 16.1. The second-order valence-corrected chi connectivity index (χ2v) is 8.40. The van der Waals surface area contributed by atoms with Crippen molar-refractivity contribution in [3.63, 3.8) is 0 Å². The summed E-state index contributed by atoms with van der Waals surface area (Å²) in [4.78, 5) is 24.8. The number of nitrogens with zero attached hydrogens (tertiary/aromatic N) is 7. The van der Waals surface area contributed by atoms with Gasteiger partial charge in [-0.05, 0) is 30.5 Å². The number of carbonyl (C=O) groups is 1. The quantitative estimate of drug-likeness (QED) is 0.554. The SMILES string of the molecule is C=CC(=O)Cc1ccc2c(N3CC[C@@H](Nc4ncc(C#N)cn4)C3)nnc(N3CCC3)c2c1. The number of rotatable bonds is 7. The summed E-state index contributed by atoms with van der Waals surface area (Å²) in [5.74, 6) is 2.25. The maximum absolute atomic E-state index is 11.9. The molecule has 33 heavy (non-hydrogen) atoms. The molecule has 5 rings (SSSR count). The zero-order valence-electron chi connectivity index (χ0n) is 18.2. The van der Waals surface area contributed by atoms with Gasteiger partial charge in [0.15, 0.2) is 17.4 Å². The van der Waals surface area contributed by atoms with E-state index in [4.69, 9.17) is 5.26 Å². The van der Waals surface area contributed by atoms with E-state index in [0.717, 1.165) is 67.0 Å². The molecule has 2 saturated heterocycles. The molecule has 1 N–H and O–H groups in total. The van der Waals surface area contributed by atoms with Gasteiger partial charge in [-0.1, -0.05) is 18.7 Å². The zero-order chi connectivity index (χ0) is 22.8. The molecule has 0 saturated carbocycles. The van der Waals surface area contributed by atoms with Gasteiger partial charge in [-0.3, -0.25) is 4.79 Å². The molecule has 9 nitrogen and oxygen atoms in total. The average Bonchev–Trinajstić information content (AvgIpc) is 3.26. The van der Waals surface area contributed by atoms with Crippen LogP contribution in [0.15, 0.2) is 43.2 Å². The number of nitriles is 1. The molecule has 3 aromatic rings. The van der Waals surface area contributed by atoms with Crippen molar-refractivity contribution in [2.75, 3.05) is 41.3 Å². The smallest absolute Gasteiger partial charge is 0.222 e. The molecule has 0 bridgehead atoms. The first-order valence-corrected chi connectivity index (χ1v) is 11.1. The molecule has 2 aromatic heterocycles. The Labute approximate surface area is 191 Å². The van der Waals surface area contributed by atoms with Crippen LogP contribution >= 0.6 is 0 Å². The predicted molar refractivity (Wildman–Crippen MR) is 126 cm³/mol. The van der Waals surface area contributed by atoms with E-state index in [1.54, 1.807) is 0 Å². The second-order valence-electron chi connectivity index (χ2n) is 8.40. The lowest BCUT2D eigenvalue weighted by Crippen LogP contribution is -2.38. The number of carbonyl (C=O) groups excluding carboxylic acids is 1. The lowest BCUT2D eigenvalue weighted by molar-refractivity contribution is -0.114. The summed E-state index contributed by atoms with van der Waals surface area (Å²) in [5, 5.41) is 23.5. The summed E-state index contributed by atoms with van der Waals surface area (Å²) in [7, 11) is 0. The first-order chi connectivity index (χ1) is 16.1. The lowest BCUT2D eigenvalue weighted by Gasteiger charge is -2.33. The van der Waals surface area contributed by atoms with Gasteiger partial charge in [0.2, 0.25) is 5.95 Å². The van der Waals surface area contributed by atoms with E-state index in [1.807, 2.05) is 12.1 Å². The number of hydrogen-bond acceptors (Lipinski definition) is 9. The van der Waals surface area contributed by atoms with Gasteiger partial charge in [0.05, 0.1) is 18.0 Å². The van der Waals surface area contributed by atoms with Crippen LogP contribution in [0.5, 0.6) is 0 Å². The van der Waals surface area contributed by atoms with Crippen LogP contribution in [-0.2, 0) is 11.2 Å². The van der Waals surface area contributed by atoms with Crippen LogP contribution in [0.4, 0.5) is 17.6 Å². The van der Waals surface area contributed by atoms with Crippen LogP contribution in [0, 0.1) is 11.3 Å². The summed E-state index contributed by atoms with van der Waals surface area (Å²) >= 11 is 0. The molecule has 2 aliphatic rings. The van der Waals surface area contributed by atoms with Crippen LogP contribution < -0.4 is 15.1 Å². The molecule has 4 heterocycles. The first kappa shape index (κ1) is 20.8. The number of hydrogen-bond donors (Lipinski definition) is 1. The number of ketones is 1. The molecule has 0 aliphatic carbocycles. The standard InChI is InChI=1S/C24H24N8O/c1-2-19(33)10-16-4-5-20-21(11-16)23(31-7-3-8-31)30-29-22(20)32-9-6-18(15-32)28-24-26-13-17(12-25)14-27-24/h2,4-5,11,13-14,18H,1,3,6-10,15H2,(H,26,27,28)/t18-/m1/s1. The molecule has 1 atom stereocenters. The van der Waals surface area contributed by atoms with Crippen molar-refractivity contribution in [3.05, 3.63) is 54.4 Å². The number of allylic oxidation sites excluding steroid dienone is 1. The molecule has 0 radical (unpaired) electrons. The highest BCUT2D eigenvalue weighted by Gasteiger charge is 2.28. The molecule has 166 valence electrons. The highest BCUT2D eigenvalue weighted by Crippen LogP contribution is 2.34. The van der Waals surface area contributed by atoms with E-state index in [-0.39, 0.29) is 11.8 Å². The summed E-state index contributed by atoms with van der Waals surface area (Å²) in [6.45, 7) is 7.10. The summed E-state index contributed by atoms with van der Waals surface area (Å²) < 4.78 is 0. The fourth-order valence-electron chi connectivity index (χ4n) is 4.27. The van der Waals surface area contributed by atoms with Gasteiger partial charge in [-0.15, -0.1) is 10.2 Å². The van der Waals surface area contributed by atoms with Crippen molar-refractivity contribution in [3.8, 4) is 6.07 Å². The first-order valence-electron chi connectivity index (χ1n) is 11.1. The molecule has 1 aromatic carbocycles. The molecule has 0 amide bonds. The van der Waals surface area contributed by atoms with E-state index in [9.17, 15) is 4.79 Å². The molecule has 0 spiro atoms. The topological polar surface area (TPSA) is 111 Å². The molecule has 0 unspecified atom stereocenters. The number of nitrogens with one attached hydrogen (secondary N) is 1. The third kappa shape index (κ3) is 4.20. The molecule has 2 fully saturated rings. The van der Waals surface area contributed by atoms with Crippen LogP contribution in [-0.4, -0.2) is 58.2 Å². The van der Waals surface area contributed by atoms with Crippen molar-refractivity contribution in [1.29, 1.82) is 5.26 Å². The number of benzene rings is 1. The second kappa shape index (κ2) is 8.82. The average molecular weight is 441 g/mol. The van der Waals surface area contributed by atoms with Gasteiger partial charge in [0.1, 0.15) is 6.07 Å². The third-order valence-electron chi connectivity index (χ3n) is 6.17. The largest absolute Gasteiger partial charge is 0.354 e. The monoisotopic (exact) mass is 440 g/mol. The zero-order valence-corrected chi connectivity index (χ0v) is 18.2. The predicted octanol–water partition coefficient (Wildman–Crippen LogP) is 2.49. The normalized spacial score (nSPS) is 17.5. The minimum atomic E-state index is 0.000527. The maximum Gasteiger partial charge on any atom is 0.222 e. The van der Waals surface area contributed by atoms with Crippen LogP contribution in [0.3, 0.4) is 0 Å². The van der Waals surface area contributed by atoms with Gasteiger partial charge in [-0.25, -0.2) is 9.97 Å². The van der Waals surface area contributed by atoms with E-state index in [0.29, 0.717) is 17.9 Å². The Balaban J connectivity index is 1.41. The van der Waals surface area contributed by atoms with Crippen LogP contribution in [0.1, 0.15) is 24.0 Å². The van der Waals surface area contributed by atoms with Gasteiger partial charge < -0.3 is 15.1 Å². The number of fused-ring (bicyclic) bond motifs is 1. The molecular formula is C24H24N8O. The lowest BCUT2D eigenvalue weighted by atomic mass is 10.0. The van der Waals surface area contributed by atoms with Gasteiger partial charge >= 0.3 is 0 Å². The van der Waals surface area contributed by atoms with E-state index >= 15 is 0 Å². The summed E-state index contributed by atoms with van der Waals surface area (Å²) in [5.41, 5.74) is 1.39. The Morgan fingerprint density at radius 1 is 1.15 bits per heavy atom. The van der Waals surface area contributed by atoms with E-state index < -0.39 is 0 Å². The fraction of sp³-hybridized carbons (Fsp3) is 0.333. The van der Waals surface area contributed by atoms with Crippen molar-refractivity contribution in [2.24, 2.45) is 0 Å². The van der Waals surface area contributed by atoms with E-state index in [1.165, 1.54) is 18.5 Å². The van der Waals surface area contributed by atoms with Crippen LogP contribution in [0.2, 0.25) is 0 Å². The molecular weight excluding hydrogens is 416 g/mol.